The van der Waals surface area contributed by atoms with Gasteiger partial charge in [0.1, 0.15) is 12.6 Å². The van der Waals surface area contributed by atoms with Crippen molar-refractivity contribution in [1.29, 1.82) is 0 Å². The Hall–Kier alpha value is -3.85. The monoisotopic (exact) mass is 665 g/mol. The average molecular weight is 667 g/mol. The molecule has 0 aliphatic heterocycles. The fraction of sp³-hybridized carbons (Fsp3) is 0.257. The van der Waals surface area contributed by atoms with Gasteiger partial charge in [-0.05, 0) is 85.5 Å². The summed E-state index contributed by atoms with van der Waals surface area (Å²) in [4.78, 5) is 29.8. The summed E-state index contributed by atoms with van der Waals surface area (Å²) in [5, 5.41) is 3.96. The summed E-state index contributed by atoms with van der Waals surface area (Å²) < 4.78 is 29.3. The van der Waals surface area contributed by atoms with E-state index in [-0.39, 0.29) is 29.8 Å². The Morgan fingerprint density at radius 2 is 1.44 bits per heavy atom. The van der Waals surface area contributed by atoms with Crippen LogP contribution in [0, 0.1) is 6.92 Å². The van der Waals surface area contributed by atoms with Crippen LogP contribution >= 0.6 is 23.2 Å². The van der Waals surface area contributed by atoms with Gasteiger partial charge >= 0.3 is 0 Å². The van der Waals surface area contributed by atoms with Crippen molar-refractivity contribution in [3.05, 3.63) is 130 Å². The molecule has 45 heavy (non-hydrogen) atoms. The molecule has 0 heterocycles. The third-order valence-corrected chi connectivity index (χ3v) is 9.80. The summed E-state index contributed by atoms with van der Waals surface area (Å²) in [6.45, 7) is 5.24. The largest absolute Gasteiger partial charge is 0.352 e. The van der Waals surface area contributed by atoms with Gasteiger partial charge in [-0.2, -0.15) is 0 Å². The molecule has 0 saturated carbocycles. The first-order chi connectivity index (χ1) is 21.5. The predicted molar refractivity (Wildman–Crippen MR) is 181 cm³/mol. The molecule has 0 radical (unpaired) electrons. The minimum atomic E-state index is -4.21. The van der Waals surface area contributed by atoms with Crippen LogP contribution in [0.1, 0.15) is 37.0 Å². The zero-order valence-corrected chi connectivity index (χ0v) is 27.8. The number of anilines is 1. The van der Waals surface area contributed by atoms with Gasteiger partial charge in [-0.1, -0.05) is 84.7 Å². The minimum absolute atomic E-state index is 0.0131. The van der Waals surface area contributed by atoms with E-state index in [1.165, 1.54) is 29.2 Å². The van der Waals surface area contributed by atoms with E-state index < -0.39 is 28.5 Å². The number of halogens is 2. The molecule has 0 bridgehead atoms. The SMILES string of the molecule is CC[C@@H](C)NC(=O)[C@H](Cc1ccccc1)N(Cc1ccc(Cl)cc1)C(=O)CN(c1cccc(C)c1)S(=O)(=O)c1ccc(Cl)cc1. The normalized spacial score (nSPS) is 12.6. The summed E-state index contributed by atoms with van der Waals surface area (Å²) in [5.41, 5.74) is 2.75. The van der Waals surface area contributed by atoms with Crippen molar-refractivity contribution in [3.8, 4) is 0 Å². The van der Waals surface area contributed by atoms with E-state index in [0.717, 1.165) is 21.0 Å². The van der Waals surface area contributed by atoms with Gasteiger partial charge < -0.3 is 10.2 Å². The first-order valence-corrected chi connectivity index (χ1v) is 16.9. The van der Waals surface area contributed by atoms with Crippen LogP contribution in [0.3, 0.4) is 0 Å². The minimum Gasteiger partial charge on any atom is -0.352 e. The van der Waals surface area contributed by atoms with E-state index in [2.05, 4.69) is 5.32 Å². The first-order valence-electron chi connectivity index (χ1n) is 14.7. The highest BCUT2D eigenvalue weighted by atomic mass is 35.5. The van der Waals surface area contributed by atoms with Crippen molar-refractivity contribution in [2.75, 3.05) is 10.8 Å². The average Bonchev–Trinajstić information content (AvgIpc) is 3.02. The Balaban J connectivity index is 1.80. The van der Waals surface area contributed by atoms with E-state index in [1.807, 2.05) is 57.2 Å². The van der Waals surface area contributed by atoms with Crippen LogP contribution < -0.4 is 9.62 Å². The van der Waals surface area contributed by atoms with E-state index in [4.69, 9.17) is 23.2 Å². The van der Waals surface area contributed by atoms with Crippen molar-refractivity contribution in [2.24, 2.45) is 0 Å². The molecular weight excluding hydrogens is 629 g/mol. The molecule has 0 unspecified atom stereocenters. The fourth-order valence-corrected chi connectivity index (χ4v) is 6.49. The number of amides is 2. The number of hydrogen-bond donors (Lipinski definition) is 1. The molecule has 2 atom stereocenters. The molecule has 0 aliphatic rings. The van der Waals surface area contributed by atoms with E-state index in [0.29, 0.717) is 22.2 Å². The highest BCUT2D eigenvalue weighted by Gasteiger charge is 2.35. The number of carbonyl (C=O) groups is 2. The van der Waals surface area contributed by atoms with Crippen LogP contribution in [0.2, 0.25) is 10.0 Å². The summed E-state index contributed by atoms with van der Waals surface area (Å²) in [6, 6.07) is 28.1. The van der Waals surface area contributed by atoms with E-state index >= 15 is 0 Å². The lowest BCUT2D eigenvalue weighted by atomic mass is 10.0. The Labute approximate surface area is 275 Å². The molecule has 7 nitrogen and oxygen atoms in total. The topological polar surface area (TPSA) is 86.8 Å². The Morgan fingerprint density at radius 1 is 0.822 bits per heavy atom. The van der Waals surface area contributed by atoms with Crippen molar-refractivity contribution < 1.29 is 18.0 Å². The second kappa shape index (κ2) is 15.4. The second-order valence-electron chi connectivity index (χ2n) is 11.0. The van der Waals surface area contributed by atoms with Gasteiger partial charge in [-0.15, -0.1) is 0 Å². The number of rotatable bonds is 13. The lowest BCUT2D eigenvalue weighted by Crippen LogP contribution is -2.54. The number of aryl methyl sites for hydroxylation is 1. The van der Waals surface area contributed by atoms with Crippen LogP contribution in [0.15, 0.2) is 108 Å². The first kappa shape index (κ1) is 34.0. The van der Waals surface area contributed by atoms with Crippen LogP contribution in [0.4, 0.5) is 5.69 Å². The Kier molecular flexibility index (Phi) is 11.7. The van der Waals surface area contributed by atoms with Crippen molar-refractivity contribution in [2.45, 2.75) is 57.1 Å². The molecule has 4 aromatic rings. The lowest BCUT2D eigenvalue weighted by molar-refractivity contribution is -0.140. The number of carbonyl (C=O) groups excluding carboxylic acids is 2. The lowest BCUT2D eigenvalue weighted by Gasteiger charge is -2.34. The molecule has 0 aromatic heterocycles. The van der Waals surface area contributed by atoms with Gasteiger partial charge in [0.2, 0.25) is 11.8 Å². The maximum atomic E-state index is 14.5. The zero-order chi connectivity index (χ0) is 32.6. The van der Waals surface area contributed by atoms with Gasteiger partial charge in [0.05, 0.1) is 10.6 Å². The van der Waals surface area contributed by atoms with Gasteiger partial charge in [0.15, 0.2) is 0 Å². The standard InChI is InChI=1S/C35H37Cl2N3O4S/c1-4-26(3)38-35(42)33(22-27-10-6-5-7-11-27)39(23-28-13-15-29(36)16-14-28)34(41)24-40(31-12-8-9-25(2)21-31)45(43,44)32-19-17-30(37)18-20-32/h5-21,26,33H,4,22-24H2,1-3H3,(H,38,42)/t26-,33+/m1/s1. The number of sulfonamides is 1. The molecule has 2 amide bonds. The second-order valence-corrected chi connectivity index (χ2v) is 13.7. The molecule has 236 valence electrons. The van der Waals surface area contributed by atoms with Gasteiger partial charge in [-0.3, -0.25) is 13.9 Å². The molecule has 4 rings (SSSR count). The third kappa shape index (κ3) is 9.10. The van der Waals surface area contributed by atoms with Crippen LogP contribution in [0.5, 0.6) is 0 Å². The molecule has 0 fully saturated rings. The summed E-state index contributed by atoms with van der Waals surface area (Å²) in [6.07, 6.45) is 0.937. The quantitative estimate of drug-likeness (QED) is 0.166. The van der Waals surface area contributed by atoms with Gasteiger partial charge in [0, 0.05) is 29.1 Å². The number of nitrogens with one attached hydrogen (secondary N) is 1. The van der Waals surface area contributed by atoms with Crippen molar-refractivity contribution in [1.82, 2.24) is 10.2 Å². The van der Waals surface area contributed by atoms with Crippen molar-refractivity contribution in [3.63, 3.8) is 0 Å². The summed E-state index contributed by atoms with van der Waals surface area (Å²) >= 11 is 12.2. The molecule has 0 spiro atoms. The highest BCUT2D eigenvalue weighted by molar-refractivity contribution is 7.92. The number of hydrogen-bond acceptors (Lipinski definition) is 4. The van der Waals surface area contributed by atoms with Crippen molar-refractivity contribution >= 4 is 50.7 Å². The van der Waals surface area contributed by atoms with Gasteiger partial charge in [0.25, 0.3) is 10.0 Å². The predicted octanol–water partition coefficient (Wildman–Crippen LogP) is 7.05. The number of nitrogens with zero attached hydrogens (tertiary/aromatic N) is 2. The van der Waals surface area contributed by atoms with Gasteiger partial charge in [-0.25, -0.2) is 8.42 Å². The maximum absolute atomic E-state index is 14.5. The Morgan fingerprint density at radius 3 is 2.04 bits per heavy atom. The zero-order valence-electron chi connectivity index (χ0n) is 25.5. The Bertz CT molecular complexity index is 1700. The molecule has 1 N–H and O–H groups in total. The smallest absolute Gasteiger partial charge is 0.264 e. The molecule has 10 heteroatoms. The van der Waals surface area contributed by atoms with E-state index in [1.54, 1.807) is 42.5 Å². The molecule has 0 aliphatic carbocycles. The maximum Gasteiger partial charge on any atom is 0.264 e. The molecule has 0 saturated heterocycles. The number of benzene rings is 4. The fourth-order valence-electron chi connectivity index (χ4n) is 4.83. The summed E-state index contributed by atoms with van der Waals surface area (Å²) in [5.74, 6) is -0.859. The third-order valence-electron chi connectivity index (χ3n) is 7.51. The van der Waals surface area contributed by atoms with Crippen LogP contribution in [-0.2, 0) is 32.6 Å². The van der Waals surface area contributed by atoms with E-state index in [9.17, 15) is 18.0 Å². The molecule has 4 aromatic carbocycles. The van der Waals surface area contributed by atoms with Crippen LogP contribution in [-0.4, -0.2) is 43.8 Å². The van der Waals surface area contributed by atoms with Crippen LogP contribution in [0.25, 0.3) is 0 Å². The molecular formula is C35H37Cl2N3O4S. The highest BCUT2D eigenvalue weighted by Crippen LogP contribution is 2.27. The summed E-state index contributed by atoms with van der Waals surface area (Å²) in [7, 11) is -4.21.